The molecule has 0 aliphatic rings. The van der Waals surface area contributed by atoms with Crippen LogP contribution >= 0.6 is 0 Å². The lowest BCUT2D eigenvalue weighted by atomic mass is 10.4. The Hall–Kier alpha value is -0.410. The molecular formula is C8H17FN2. The van der Waals surface area contributed by atoms with Crippen molar-refractivity contribution in [3.05, 3.63) is 11.9 Å². The van der Waals surface area contributed by atoms with Gasteiger partial charge in [-0.25, -0.2) is 9.40 Å². The first-order valence-corrected chi connectivity index (χ1v) is 3.99. The minimum atomic E-state index is -0.0732. The Morgan fingerprint density at radius 1 is 1.55 bits per heavy atom. The number of nitrogens with zero attached hydrogens (tertiary/aromatic N) is 1. The van der Waals surface area contributed by atoms with Crippen LogP contribution in [0.3, 0.4) is 0 Å². The van der Waals surface area contributed by atoms with Gasteiger partial charge in [0.25, 0.3) is 0 Å². The van der Waals surface area contributed by atoms with Crippen LogP contribution in [0.1, 0.15) is 20.3 Å². The van der Waals surface area contributed by atoms with E-state index in [1.165, 1.54) is 0 Å². The molecule has 0 heterocycles. The van der Waals surface area contributed by atoms with Crippen molar-refractivity contribution in [1.82, 2.24) is 10.4 Å². The van der Waals surface area contributed by atoms with Crippen molar-refractivity contribution in [3.8, 4) is 0 Å². The van der Waals surface area contributed by atoms with Gasteiger partial charge in [-0.3, -0.25) is 5.43 Å². The van der Waals surface area contributed by atoms with Gasteiger partial charge < -0.3 is 0 Å². The minimum Gasteiger partial charge on any atom is -0.255 e. The Labute approximate surface area is 68.0 Å². The summed E-state index contributed by atoms with van der Waals surface area (Å²) in [4.78, 5) is 0. The molecule has 0 aromatic rings. The Kier molecular flexibility index (Phi) is 6.07. The molecule has 0 unspecified atom stereocenters. The van der Waals surface area contributed by atoms with Gasteiger partial charge in [0.15, 0.2) is 0 Å². The van der Waals surface area contributed by atoms with Crippen LogP contribution in [0.5, 0.6) is 0 Å². The van der Waals surface area contributed by atoms with Gasteiger partial charge >= 0.3 is 0 Å². The molecule has 0 fully saturated rings. The van der Waals surface area contributed by atoms with Gasteiger partial charge in [0.05, 0.1) is 6.54 Å². The fourth-order valence-electron chi connectivity index (χ4n) is 0.838. The summed E-state index contributed by atoms with van der Waals surface area (Å²) < 4.78 is 12.8. The summed E-state index contributed by atoms with van der Waals surface area (Å²) in [5, 5.41) is 1.74. The fraction of sp³-hybridized carbons (Fsp3) is 0.750. The number of hydrogen-bond acceptors (Lipinski definition) is 2. The number of hydrazine groups is 1. The molecule has 0 rings (SSSR count). The molecule has 66 valence electrons. The number of halogens is 1. The summed E-state index contributed by atoms with van der Waals surface area (Å²) in [6.07, 6.45) is 2.35. The zero-order chi connectivity index (χ0) is 8.69. The highest BCUT2D eigenvalue weighted by atomic mass is 19.1. The molecule has 0 amide bonds. The molecule has 11 heavy (non-hydrogen) atoms. The summed E-state index contributed by atoms with van der Waals surface area (Å²) >= 11 is 0. The highest BCUT2D eigenvalue weighted by Gasteiger charge is 1.98. The van der Waals surface area contributed by atoms with Crippen molar-refractivity contribution >= 4 is 0 Å². The molecule has 0 saturated heterocycles. The molecule has 0 aliphatic carbocycles. The molecule has 0 aliphatic heterocycles. The minimum absolute atomic E-state index is 0.0732. The number of hydrogen-bond donors (Lipinski definition) is 1. The average Bonchev–Trinajstić information content (AvgIpc) is 1.87. The largest absolute Gasteiger partial charge is 0.255 e. The topological polar surface area (TPSA) is 15.3 Å². The predicted molar refractivity (Wildman–Crippen MR) is 45.8 cm³/mol. The quantitative estimate of drug-likeness (QED) is 0.616. The Morgan fingerprint density at radius 2 is 2.18 bits per heavy atom. The van der Waals surface area contributed by atoms with Crippen molar-refractivity contribution < 1.29 is 4.39 Å². The second kappa shape index (κ2) is 6.31. The van der Waals surface area contributed by atoms with Crippen LogP contribution in [0, 0.1) is 0 Å². The van der Waals surface area contributed by atoms with E-state index in [1.807, 2.05) is 20.9 Å². The van der Waals surface area contributed by atoms with Crippen LogP contribution in [0.25, 0.3) is 0 Å². The highest BCUT2D eigenvalue weighted by Crippen LogP contribution is 1.98. The first-order valence-electron chi connectivity index (χ1n) is 3.99. The van der Waals surface area contributed by atoms with E-state index in [2.05, 4.69) is 5.43 Å². The molecule has 0 spiro atoms. The third-order valence-electron chi connectivity index (χ3n) is 1.24. The number of likely N-dealkylation sites (N-methyl/N-ethyl adjacent to an activating group) is 1. The number of nitrogens with one attached hydrogen (secondary N) is 1. The SMILES string of the molecule is CC/C=C(/F)CN(C)NCC. The van der Waals surface area contributed by atoms with Gasteiger partial charge in [-0.15, -0.1) is 0 Å². The molecule has 3 heteroatoms. The van der Waals surface area contributed by atoms with Crippen LogP contribution < -0.4 is 5.43 Å². The molecular weight excluding hydrogens is 143 g/mol. The third kappa shape index (κ3) is 6.01. The van der Waals surface area contributed by atoms with E-state index in [1.54, 1.807) is 11.1 Å². The number of rotatable bonds is 5. The van der Waals surface area contributed by atoms with E-state index in [9.17, 15) is 4.39 Å². The predicted octanol–water partition coefficient (Wildman–Crippen LogP) is 1.71. The van der Waals surface area contributed by atoms with Crippen LogP contribution in [0.2, 0.25) is 0 Å². The van der Waals surface area contributed by atoms with Gasteiger partial charge in [0.1, 0.15) is 5.83 Å². The molecule has 0 aromatic heterocycles. The Morgan fingerprint density at radius 3 is 2.64 bits per heavy atom. The smallest absolute Gasteiger partial charge is 0.111 e. The maximum atomic E-state index is 12.8. The average molecular weight is 160 g/mol. The van der Waals surface area contributed by atoms with Crippen LogP contribution in [-0.4, -0.2) is 25.1 Å². The number of allylic oxidation sites excluding steroid dienone is 1. The molecule has 0 aromatic carbocycles. The summed E-state index contributed by atoms with van der Waals surface area (Å²) in [5.41, 5.74) is 2.99. The normalized spacial score (nSPS) is 12.6. The van der Waals surface area contributed by atoms with Crippen LogP contribution in [0.15, 0.2) is 11.9 Å². The molecule has 0 bridgehead atoms. The Balaban J connectivity index is 3.56. The fourth-order valence-corrected chi connectivity index (χ4v) is 0.838. The van der Waals surface area contributed by atoms with E-state index in [-0.39, 0.29) is 5.83 Å². The van der Waals surface area contributed by atoms with Gasteiger partial charge in [-0.2, -0.15) is 0 Å². The Bertz CT molecular complexity index is 123. The molecule has 2 nitrogen and oxygen atoms in total. The van der Waals surface area contributed by atoms with E-state index >= 15 is 0 Å². The monoisotopic (exact) mass is 160 g/mol. The molecule has 0 radical (unpaired) electrons. The van der Waals surface area contributed by atoms with Crippen molar-refractivity contribution in [2.75, 3.05) is 20.1 Å². The lowest BCUT2D eigenvalue weighted by Crippen LogP contribution is -2.35. The lowest BCUT2D eigenvalue weighted by molar-refractivity contribution is 0.246. The van der Waals surface area contributed by atoms with Gasteiger partial charge in [-0.1, -0.05) is 19.9 Å². The first kappa shape index (κ1) is 10.6. The third-order valence-corrected chi connectivity index (χ3v) is 1.24. The first-order chi connectivity index (χ1) is 5.20. The van der Waals surface area contributed by atoms with Crippen molar-refractivity contribution in [2.24, 2.45) is 0 Å². The summed E-state index contributed by atoms with van der Waals surface area (Å²) in [7, 11) is 1.83. The second-order valence-electron chi connectivity index (χ2n) is 2.43. The maximum Gasteiger partial charge on any atom is 0.111 e. The zero-order valence-electron chi connectivity index (χ0n) is 7.52. The molecule has 0 saturated carbocycles. The molecule has 0 atom stereocenters. The van der Waals surface area contributed by atoms with E-state index in [0.29, 0.717) is 6.54 Å². The molecule has 1 N–H and O–H groups in total. The van der Waals surface area contributed by atoms with Crippen molar-refractivity contribution in [3.63, 3.8) is 0 Å². The maximum absolute atomic E-state index is 12.8. The van der Waals surface area contributed by atoms with Crippen LogP contribution in [-0.2, 0) is 0 Å². The van der Waals surface area contributed by atoms with Gasteiger partial charge in [-0.05, 0) is 6.42 Å². The van der Waals surface area contributed by atoms with E-state index < -0.39 is 0 Å². The summed E-state index contributed by atoms with van der Waals surface area (Å²) in [6, 6.07) is 0. The van der Waals surface area contributed by atoms with E-state index in [0.717, 1.165) is 13.0 Å². The van der Waals surface area contributed by atoms with Crippen molar-refractivity contribution in [2.45, 2.75) is 20.3 Å². The van der Waals surface area contributed by atoms with Gasteiger partial charge in [0.2, 0.25) is 0 Å². The van der Waals surface area contributed by atoms with Crippen LogP contribution in [0.4, 0.5) is 4.39 Å². The van der Waals surface area contributed by atoms with Gasteiger partial charge in [0, 0.05) is 13.6 Å². The van der Waals surface area contributed by atoms with E-state index in [4.69, 9.17) is 0 Å². The second-order valence-corrected chi connectivity index (χ2v) is 2.43. The zero-order valence-corrected chi connectivity index (χ0v) is 7.52. The van der Waals surface area contributed by atoms with Crippen molar-refractivity contribution in [1.29, 1.82) is 0 Å². The standard InChI is InChI=1S/C8H17FN2/c1-4-6-8(9)7-11(3)10-5-2/h6,10H,4-5,7H2,1-3H3/b8-6+. The highest BCUT2D eigenvalue weighted by molar-refractivity contribution is 4.92. The summed E-state index contributed by atoms with van der Waals surface area (Å²) in [5.74, 6) is -0.0732. The summed E-state index contributed by atoms with van der Waals surface area (Å²) in [6.45, 7) is 5.09. The lowest BCUT2D eigenvalue weighted by Gasteiger charge is -2.15.